The van der Waals surface area contributed by atoms with Crippen LogP contribution >= 0.6 is 0 Å². The maximum atomic E-state index is 13.1. The molecular weight excluding hydrogens is 284 g/mol. The second kappa shape index (κ2) is 6.11. The van der Waals surface area contributed by atoms with Crippen molar-refractivity contribution in [2.24, 2.45) is 0 Å². The van der Waals surface area contributed by atoms with E-state index in [1.807, 2.05) is 0 Å². The van der Waals surface area contributed by atoms with Gasteiger partial charge in [-0.3, -0.25) is 0 Å². The first-order valence-electron chi connectivity index (χ1n) is 5.92. The van der Waals surface area contributed by atoms with Gasteiger partial charge in [-0.1, -0.05) is 30.3 Å². The van der Waals surface area contributed by atoms with Crippen molar-refractivity contribution >= 4 is 10.0 Å². The first kappa shape index (κ1) is 14.6. The summed E-state index contributed by atoms with van der Waals surface area (Å²) in [5.41, 5.74) is 0.369. The smallest absolute Gasteiger partial charge is 0.241 e. The molecule has 0 saturated heterocycles. The molecule has 0 aromatic heterocycles. The third-order valence-corrected chi connectivity index (χ3v) is 4.27. The Balaban J connectivity index is 2.24. The van der Waals surface area contributed by atoms with E-state index in [9.17, 15) is 17.2 Å². The highest BCUT2D eigenvalue weighted by atomic mass is 32.2. The average Bonchev–Trinajstić information content (AvgIpc) is 2.47. The molecular formula is C14H13F2NO2S. The zero-order chi connectivity index (χ0) is 14.6. The monoisotopic (exact) mass is 297 g/mol. The molecule has 0 fully saturated rings. The molecule has 0 radical (unpaired) electrons. The van der Waals surface area contributed by atoms with E-state index in [2.05, 4.69) is 4.72 Å². The van der Waals surface area contributed by atoms with E-state index in [0.29, 0.717) is 5.56 Å². The molecule has 2 aromatic rings. The lowest BCUT2D eigenvalue weighted by Crippen LogP contribution is -2.29. The van der Waals surface area contributed by atoms with E-state index in [-0.39, 0.29) is 4.90 Å². The molecule has 0 aliphatic heterocycles. The zero-order valence-corrected chi connectivity index (χ0v) is 11.3. The quantitative estimate of drug-likeness (QED) is 0.922. The number of hydrogen-bond acceptors (Lipinski definition) is 2. The van der Waals surface area contributed by atoms with E-state index in [1.54, 1.807) is 18.2 Å². The Morgan fingerprint density at radius 2 is 1.60 bits per heavy atom. The summed E-state index contributed by atoms with van der Waals surface area (Å²) in [4.78, 5) is 0.0561. The van der Waals surface area contributed by atoms with Crippen LogP contribution in [0.5, 0.6) is 0 Å². The van der Waals surface area contributed by atoms with Gasteiger partial charge in [0.2, 0.25) is 10.0 Å². The lowest BCUT2D eigenvalue weighted by atomic mass is 10.1. The van der Waals surface area contributed by atoms with Gasteiger partial charge < -0.3 is 0 Å². The first-order chi connectivity index (χ1) is 9.53. The molecule has 20 heavy (non-hydrogen) atoms. The molecule has 0 saturated carbocycles. The molecule has 3 nitrogen and oxygen atoms in total. The largest absolute Gasteiger partial charge is 0.249 e. The van der Waals surface area contributed by atoms with Crippen molar-refractivity contribution in [1.29, 1.82) is 0 Å². The number of benzene rings is 2. The summed E-state index contributed by atoms with van der Waals surface area (Å²) in [6.07, 6.45) is 0. The van der Waals surface area contributed by atoms with Crippen LogP contribution in [0.3, 0.4) is 0 Å². The minimum Gasteiger partial charge on any atom is -0.249 e. The Morgan fingerprint density at radius 3 is 2.15 bits per heavy atom. The molecule has 106 valence electrons. The Kier molecular flexibility index (Phi) is 4.46. The molecule has 1 atom stereocenters. The van der Waals surface area contributed by atoms with Crippen LogP contribution in [0.4, 0.5) is 8.78 Å². The van der Waals surface area contributed by atoms with Gasteiger partial charge in [-0.2, -0.15) is 0 Å². The molecule has 0 spiro atoms. The topological polar surface area (TPSA) is 46.2 Å². The lowest BCUT2D eigenvalue weighted by Gasteiger charge is -2.16. The summed E-state index contributed by atoms with van der Waals surface area (Å²) in [5, 5.41) is 0. The number of sulfonamides is 1. The fraction of sp³-hybridized carbons (Fsp3) is 0.143. The van der Waals surface area contributed by atoms with Crippen LogP contribution in [0.1, 0.15) is 11.6 Å². The lowest BCUT2D eigenvalue weighted by molar-refractivity contribution is 0.413. The summed E-state index contributed by atoms with van der Waals surface area (Å²) < 4.78 is 52.3. The molecule has 0 bridgehead atoms. The summed E-state index contributed by atoms with van der Waals surface area (Å²) in [6, 6.07) is 11.7. The minimum absolute atomic E-state index is 0.0561. The Hall–Kier alpha value is -1.79. The highest BCUT2D eigenvalue weighted by Gasteiger charge is 2.21. The number of rotatable bonds is 5. The van der Waals surface area contributed by atoms with Gasteiger partial charge in [-0.05, 0) is 29.8 Å². The van der Waals surface area contributed by atoms with Gasteiger partial charge in [-0.15, -0.1) is 0 Å². The highest BCUT2D eigenvalue weighted by Crippen LogP contribution is 2.18. The summed E-state index contributed by atoms with van der Waals surface area (Å²) in [7, 11) is -3.81. The normalized spacial score (nSPS) is 13.1. The van der Waals surface area contributed by atoms with Crippen molar-refractivity contribution in [3.05, 3.63) is 66.0 Å². The van der Waals surface area contributed by atoms with Crippen molar-refractivity contribution in [2.75, 3.05) is 6.67 Å². The van der Waals surface area contributed by atoms with Gasteiger partial charge in [0.05, 0.1) is 10.9 Å². The predicted octanol–water partition coefficient (Wildman–Crippen LogP) is 2.81. The van der Waals surface area contributed by atoms with Crippen LogP contribution in [-0.2, 0) is 10.0 Å². The summed E-state index contributed by atoms with van der Waals surface area (Å²) in [5.74, 6) is -0.461. The van der Waals surface area contributed by atoms with Crippen molar-refractivity contribution in [3.8, 4) is 0 Å². The molecule has 1 unspecified atom stereocenters. The predicted molar refractivity (Wildman–Crippen MR) is 71.9 cm³/mol. The molecule has 6 heteroatoms. The molecule has 2 aromatic carbocycles. The van der Waals surface area contributed by atoms with Crippen molar-refractivity contribution in [3.63, 3.8) is 0 Å². The summed E-state index contributed by atoms with van der Waals surface area (Å²) in [6.45, 7) is -0.919. The molecule has 0 amide bonds. The van der Waals surface area contributed by atoms with Crippen molar-refractivity contribution < 1.29 is 17.2 Å². The molecule has 1 N–H and O–H groups in total. The van der Waals surface area contributed by atoms with E-state index >= 15 is 0 Å². The SMILES string of the molecule is O=S(=O)(NC(CF)c1ccc(F)cc1)c1ccccc1. The fourth-order valence-corrected chi connectivity index (χ4v) is 2.96. The van der Waals surface area contributed by atoms with Crippen LogP contribution < -0.4 is 4.72 Å². The van der Waals surface area contributed by atoms with Crippen LogP contribution in [-0.4, -0.2) is 15.1 Å². The van der Waals surface area contributed by atoms with Crippen LogP contribution in [0, 0.1) is 5.82 Å². The van der Waals surface area contributed by atoms with E-state index in [4.69, 9.17) is 0 Å². The maximum Gasteiger partial charge on any atom is 0.241 e. The second-order valence-corrected chi connectivity index (χ2v) is 5.91. The average molecular weight is 297 g/mol. The Labute approximate surface area is 116 Å². The standard InChI is InChI=1S/C14H13F2NO2S/c15-10-14(11-6-8-12(16)9-7-11)17-20(18,19)13-4-2-1-3-5-13/h1-9,14,17H,10H2. The number of alkyl halides is 1. The molecule has 0 heterocycles. The third kappa shape index (κ3) is 3.40. The van der Waals surface area contributed by atoms with Crippen LogP contribution in [0.15, 0.2) is 59.5 Å². The third-order valence-electron chi connectivity index (χ3n) is 2.78. The van der Waals surface area contributed by atoms with Crippen molar-refractivity contribution in [1.82, 2.24) is 4.72 Å². The molecule has 0 aliphatic carbocycles. The van der Waals surface area contributed by atoms with Gasteiger partial charge >= 0.3 is 0 Å². The Morgan fingerprint density at radius 1 is 1.00 bits per heavy atom. The Bertz CT molecular complexity index is 657. The number of hydrogen-bond donors (Lipinski definition) is 1. The summed E-state index contributed by atoms with van der Waals surface area (Å²) >= 11 is 0. The highest BCUT2D eigenvalue weighted by molar-refractivity contribution is 7.89. The maximum absolute atomic E-state index is 13.1. The van der Waals surface area contributed by atoms with Crippen LogP contribution in [0.25, 0.3) is 0 Å². The molecule has 0 aliphatic rings. The minimum atomic E-state index is -3.81. The second-order valence-electron chi connectivity index (χ2n) is 4.19. The molecule has 2 rings (SSSR count). The first-order valence-corrected chi connectivity index (χ1v) is 7.40. The van der Waals surface area contributed by atoms with Gasteiger partial charge in [0.15, 0.2) is 0 Å². The van der Waals surface area contributed by atoms with E-state index < -0.39 is 28.6 Å². The number of nitrogens with one attached hydrogen (secondary N) is 1. The van der Waals surface area contributed by atoms with E-state index in [0.717, 1.165) is 12.1 Å². The fourth-order valence-electron chi connectivity index (χ4n) is 1.74. The zero-order valence-electron chi connectivity index (χ0n) is 10.5. The van der Waals surface area contributed by atoms with Gasteiger partial charge in [0.1, 0.15) is 12.5 Å². The van der Waals surface area contributed by atoms with Gasteiger partial charge in [0.25, 0.3) is 0 Å². The number of halogens is 2. The van der Waals surface area contributed by atoms with Gasteiger partial charge in [-0.25, -0.2) is 21.9 Å². The van der Waals surface area contributed by atoms with E-state index in [1.165, 1.54) is 24.3 Å². The van der Waals surface area contributed by atoms with Gasteiger partial charge in [0, 0.05) is 0 Å². The van der Waals surface area contributed by atoms with Crippen LogP contribution in [0.2, 0.25) is 0 Å². The van der Waals surface area contributed by atoms with Crippen molar-refractivity contribution in [2.45, 2.75) is 10.9 Å².